The summed E-state index contributed by atoms with van der Waals surface area (Å²) in [6.07, 6.45) is 0. The van der Waals surface area contributed by atoms with E-state index in [-0.39, 0.29) is 17.3 Å². The van der Waals surface area contributed by atoms with Crippen molar-refractivity contribution in [3.63, 3.8) is 0 Å². The van der Waals surface area contributed by atoms with Gasteiger partial charge in [-0.2, -0.15) is 4.80 Å². The molecule has 0 bridgehead atoms. The minimum absolute atomic E-state index is 0.0804. The summed E-state index contributed by atoms with van der Waals surface area (Å²) in [6.45, 7) is 0. The number of amides is 1. The highest BCUT2D eigenvalue weighted by Gasteiger charge is 2.13. The first-order chi connectivity index (χ1) is 8.06. The Hall–Kier alpha value is -1.96. The van der Waals surface area contributed by atoms with E-state index in [4.69, 9.17) is 0 Å². The van der Waals surface area contributed by atoms with Gasteiger partial charge in [0.1, 0.15) is 5.75 Å². The van der Waals surface area contributed by atoms with E-state index in [2.05, 4.69) is 36.7 Å². The number of phenolic OH excluding ortho intramolecular Hbond substituents is 1. The molecule has 0 aliphatic rings. The van der Waals surface area contributed by atoms with Crippen molar-refractivity contribution in [1.82, 2.24) is 20.2 Å². The average molecular weight is 298 g/mol. The van der Waals surface area contributed by atoms with E-state index < -0.39 is 5.91 Å². The number of hydrogen-bond acceptors (Lipinski definition) is 5. The number of phenols is 1. The Morgan fingerprint density at radius 3 is 2.94 bits per heavy atom. The summed E-state index contributed by atoms with van der Waals surface area (Å²) in [5, 5.41) is 22.9. The van der Waals surface area contributed by atoms with Crippen LogP contribution in [-0.4, -0.2) is 31.2 Å². The SMILES string of the molecule is Cn1nnc(NC(=O)c2cc(Br)ccc2O)n1. The predicted octanol–water partition coefficient (Wildman–Crippen LogP) is 0.930. The highest BCUT2D eigenvalue weighted by molar-refractivity contribution is 9.10. The number of hydrogen-bond donors (Lipinski definition) is 2. The summed E-state index contributed by atoms with van der Waals surface area (Å²) in [7, 11) is 1.58. The molecule has 1 amide bonds. The third-order valence-corrected chi connectivity index (χ3v) is 2.43. The van der Waals surface area contributed by atoms with Gasteiger partial charge in [0.2, 0.25) is 0 Å². The number of aryl methyl sites for hydroxylation is 1. The van der Waals surface area contributed by atoms with Crippen molar-refractivity contribution >= 4 is 27.8 Å². The molecule has 1 aromatic heterocycles. The number of carbonyl (C=O) groups is 1. The van der Waals surface area contributed by atoms with Gasteiger partial charge in [0.25, 0.3) is 11.9 Å². The number of nitrogens with zero attached hydrogens (tertiary/aromatic N) is 4. The molecule has 8 heteroatoms. The molecule has 0 fully saturated rings. The van der Waals surface area contributed by atoms with Crippen LogP contribution in [0, 0.1) is 0 Å². The van der Waals surface area contributed by atoms with Gasteiger partial charge in [-0.15, -0.1) is 5.10 Å². The van der Waals surface area contributed by atoms with E-state index in [1.165, 1.54) is 16.9 Å². The lowest BCUT2D eigenvalue weighted by Gasteiger charge is -2.03. The van der Waals surface area contributed by atoms with Crippen LogP contribution in [0.15, 0.2) is 22.7 Å². The third-order valence-electron chi connectivity index (χ3n) is 1.94. The zero-order valence-corrected chi connectivity index (χ0v) is 10.3. The number of aromatic hydroxyl groups is 1. The number of tetrazole rings is 1. The van der Waals surface area contributed by atoms with Gasteiger partial charge in [-0.25, -0.2) is 0 Å². The van der Waals surface area contributed by atoms with Gasteiger partial charge >= 0.3 is 0 Å². The van der Waals surface area contributed by atoms with Crippen LogP contribution >= 0.6 is 15.9 Å². The maximum Gasteiger partial charge on any atom is 0.270 e. The van der Waals surface area contributed by atoms with E-state index in [0.29, 0.717) is 4.47 Å². The fourth-order valence-corrected chi connectivity index (χ4v) is 1.55. The molecule has 1 heterocycles. The fraction of sp³-hybridized carbons (Fsp3) is 0.111. The first kappa shape index (κ1) is 11.5. The Balaban J connectivity index is 2.22. The van der Waals surface area contributed by atoms with Crippen LogP contribution in [-0.2, 0) is 7.05 Å². The number of benzene rings is 1. The molecule has 0 saturated carbocycles. The molecule has 0 unspecified atom stereocenters. The lowest BCUT2D eigenvalue weighted by atomic mass is 10.2. The molecule has 0 radical (unpaired) electrons. The first-order valence-electron chi connectivity index (χ1n) is 4.60. The molecule has 2 aromatic rings. The monoisotopic (exact) mass is 297 g/mol. The van der Waals surface area contributed by atoms with Crippen molar-refractivity contribution in [3.8, 4) is 5.75 Å². The minimum Gasteiger partial charge on any atom is -0.507 e. The zero-order valence-electron chi connectivity index (χ0n) is 8.75. The van der Waals surface area contributed by atoms with Crippen LogP contribution in [0.3, 0.4) is 0 Å². The molecule has 17 heavy (non-hydrogen) atoms. The molecule has 0 spiro atoms. The number of nitrogens with one attached hydrogen (secondary N) is 1. The first-order valence-corrected chi connectivity index (χ1v) is 5.39. The van der Waals surface area contributed by atoms with Crippen molar-refractivity contribution in [2.24, 2.45) is 7.05 Å². The van der Waals surface area contributed by atoms with Gasteiger partial charge in [-0.05, 0) is 23.4 Å². The van der Waals surface area contributed by atoms with Crippen molar-refractivity contribution in [1.29, 1.82) is 0 Å². The van der Waals surface area contributed by atoms with Crippen molar-refractivity contribution in [2.75, 3.05) is 5.32 Å². The highest BCUT2D eigenvalue weighted by atomic mass is 79.9. The van der Waals surface area contributed by atoms with Gasteiger partial charge in [-0.3, -0.25) is 10.1 Å². The van der Waals surface area contributed by atoms with Crippen LogP contribution in [0.5, 0.6) is 5.75 Å². The highest BCUT2D eigenvalue weighted by Crippen LogP contribution is 2.22. The zero-order chi connectivity index (χ0) is 12.4. The summed E-state index contributed by atoms with van der Waals surface area (Å²) >= 11 is 3.22. The van der Waals surface area contributed by atoms with E-state index in [1.54, 1.807) is 13.1 Å². The third kappa shape index (κ3) is 2.59. The summed E-state index contributed by atoms with van der Waals surface area (Å²) in [5.41, 5.74) is 0.131. The van der Waals surface area contributed by atoms with Crippen molar-refractivity contribution in [2.45, 2.75) is 0 Å². The molecule has 0 aliphatic heterocycles. The lowest BCUT2D eigenvalue weighted by molar-refractivity contribution is 0.102. The number of anilines is 1. The molecular formula is C9H8BrN5O2. The maximum atomic E-state index is 11.8. The van der Waals surface area contributed by atoms with E-state index in [1.807, 2.05) is 0 Å². The van der Waals surface area contributed by atoms with E-state index in [0.717, 1.165) is 0 Å². The summed E-state index contributed by atoms with van der Waals surface area (Å²) in [4.78, 5) is 13.0. The number of halogens is 1. The van der Waals surface area contributed by atoms with Crippen LogP contribution in [0.1, 0.15) is 10.4 Å². The van der Waals surface area contributed by atoms with Gasteiger partial charge in [0.15, 0.2) is 0 Å². The van der Waals surface area contributed by atoms with Gasteiger partial charge in [-0.1, -0.05) is 21.0 Å². The number of aromatic nitrogens is 4. The second kappa shape index (κ2) is 4.50. The maximum absolute atomic E-state index is 11.8. The average Bonchev–Trinajstić information content (AvgIpc) is 2.67. The molecule has 1 aromatic carbocycles. The van der Waals surface area contributed by atoms with Crippen molar-refractivity contribution < 1.29 is 9.90 Å². The van der Waals surface area contributed by atoms with E-state index >= 15 is 0 Å². The molecule has 7 nitrogen and oxygen atoms in total. The molecule has 2 N–H and O–H groups in total. The normalized spacial score (nSPS) is 10.2. The number of rotatable bonds is 2. The van der Waals surface area contributed by atoms with Crippen LogP contribution in [0.2, 0.25) is 0 Å². The van der Waals surface area contributed by atoms with Gasteiger partial charge < -0.3 is 5.11 Å². The summed E-state index contributed by atoms with van der Waals surface area (Å²) < 4.78 is 0.688. The quantitative estimate of drug-likeness (QED) is 0.860. The molecule has 0 saturated heterocycles. The minimum atomic E-state index is -0.503. The fourth-order valence-electron chi connectivity index (χ4n) is 1.19. The Kier molecular flexibility index (Phi) is 3.05. The topological polar surface area (TPSA) is 92.9 Å². The second-order valence-corrected chi connectivity index (χ2v) is 4.13. The Labute approximate surface area is 105 Å². The lowest BCUT2D eigenvalue weighted by Crippen LogP contribution is -2.13. The Bertz CT molecular complexity index is 568. The molecule has 0 atom stereocenters. The van der Waals surface area contributed by atoms with E-state index in [9.17, 15) is 9.90 Å². The Morgan fingerprint density at radius 2 is 2.29 bits per heavy atom. The smallest absolute Gasteiger partial charge is 0.270 e. The molecule has 0 aliphatic carbocycles. The summed E-state index contributed by atoms with van der Waals surface area (Å²) in [5.74, 6) is -0.539. The van der Waals surface area contributed by atoms with Crippen molar-refractivity contribution in [3.05, 3.63) is 28.2 Å². The van der Waals surface area contributed by atoms with Crippen LogP contribution in [0.4, 0.5) is 5.95 Å². The predicted molar refractivity (Wildman–Crippen MR) is 62.6 cm³/mol. The Morgan fingerprint density at radius 1 is 1.53 bits per heavy atom. The van der Waals surface area contributed by atoms with Gasteiger partial charge in [0, 0.05) is 4.47 Å². The van der Waals surface area contributed by atoms with Gasteiger partial charge in [0.05, 0.1) is 12.6 Å². The second-order valence-electron chi connectivity index (χ2n) is 3.22. The largest absolute Gasteiger partial charge is 0.507 e. The molecular weight excluding hydrogens is 290 g/mol. The summed E-state index contributed by atoms with van der Waals surface area (Å²) in [6, 6.07) is 4.55. The van der Waals surface area contributed by atoms with Crippen LogP contribution in [0.25, 0.3) is 0 Å². The molecule has 2 rings (SSSR count). The number of carbonyl (C=O) groups excluding carboxylic acids is 1. The molecule has 88 valence electrons. The standard InChI is InChI=1S/C9H8BrN5O2/c1-15-13-9(12-14-15)11-8(17)6-4-5(10)2-3-7(6)16/h2-4,16H,1H3,(H,11,13,17). The van der Waals surface area contributed by atoms with Crippen LogP contribution < -0.4 is 5.32 Å².